The van der Waals surface area contributed by atoms with Gasteiger partial charge in [0.2, 0.25) is 10.0 Å². The number of fused-ring (bicyclic) bond motifs is 1. The predicted octanol–water partition coefficient (Wildman–Crippen LogP) is 4.82. The molecular formula is C30H37F3N4O5S. The molecule has 1 spiro atoms. The van der Waals surface area contributed by atoms with E-state index in [-0.39, 0.29) is 56.7 Å². The average molecular weight is 623 g/mol. The van der Waals surface area contributed by atoms with Crippen molar-refractivity contribution < 1.29 is 35.9 Å². The molecule has 1 saturated carbocycles. The smallest absolute Gasteiger partial charge is 0.348 e. The number of carbonyl (C=O) groups excluding carboxylic acids is 1. The van der Waals surface area contributed by atoms with Crippen LogP contribution in [0.4, 0.5) is 13.2 Å². The first-order valence-corrected chi connectivity index (χ1v) is 16.3. The van der Waals surface area contributed by atoms with Crippen LogP contribution in [0, 0.1) is 11.8 Å². The molecule has 1 amide bonds. The maximum absolute atomic E-state index is 13.3. The Balaban J connectivity index is 1.10. The molecule has 6 rings (SSSR count). The van der Waals surface area contributed by atoms with Crippen LogP contribution in [0.5, 0.6) is 0 Å². The molecule has 2 saturated heterocycles. The third-order valence-corrected chi connectivity index (χ3v) is 10.8. The summed E-state index contributed by atoms with van der Waals surface area (Å²) in [6, 6.07) is 7.69. The first-order valence-electron chi connectivity index (χ1n) is 14.8. The Labute approximate surface area is 249 Å². The maximum atomic E-state index is 13.3. The zero-order valence-electron chi connectivity index (χ0n) is 24.3. The van der Waals surface area contributed by atoms with Crippen LogP contribution in [0.25, 0.3) is 17.0 Å². The van der Waals surface area contributed by atoms with Gasteiger partial charge in [-0.3, -0.25) is 9.79 Å². The van der Waals surface area contributed by atoms with Gasteiger partial charge in [-0.25, -0.2) is 8.42 Å². The number of aromatic nitrogens is 1. The van der Waals surface area contributed by atoms with E-state index in [0.717, 1.165) is 16.5 Å². The Bertz CT molecular complexity index is 1550. The lowest BCUT2D eigenvalue weighted by Gasteiger charge is -2.34. The molecule has 1 N–H and O–H groups in total. The molecule has 0 bridgehead atoms. The van der Waals surface area contributed by atoms with Gasteiger partial charge in [0.05, 0.1) is 19.1 Å². The number of hydrogen-bond acceptors (Lipinski definition) is 6. The summed E-state index contributed by atoms with van der Waals surface area (Å²) in [6.45, 7) is 5.12. The highest BCUT2D eigenvalue weighted by Crippen LogP contribution is 2.41. The lowest BCUT2D eigenvalue weighted by atomic mass is 9.81. The number of rotatable bonds is 6. The third kappa shape index (κ3) is 6.13. The van der Waals surface area contributed by atoms with Crippen molar-refractivity contribution in [3.8, 4) is 0 Å². The molecule has 4 aliphatic rings. The SMILES string of the molecule is CC1(C)OC[C@H](Cn2ccc3c(/C=C/S(=O)(=O)N4CCC5(CC4)N=C(C4CCC(C(F)(F)F)CC4)NC5=O)cccc32)O1. The van der Waals surface area contributed by atoms with Crippen LogP contribution >= 0.6 is 0 Å². The van der Waals surface area contributed by atoms with Gasteiger partial charge in [-0.1, -0.05) is 12.1 Å². The molecule has 9 nitrogen and oxygen atoms in total. The van der Waals surface area contributed by atoms with Crippen LogP contribution in [0.1, 0.15) is 57.9 Å². The van der Waals surface area contributed by atoms with Crippen LogP contribution in [0.2, 0.25) is 0 Å². The monoisotopic (exact) mass is 622 g/mol. The van der Waals surface area contributed by atoms with Crippen molar-refractivity contribution in [1.29, 1.82) is 0 Å². The molecule has 13 heteroatoms. The van der Waals surface area contributed by atoms with Crippen LogP contribution in [-0.4, -0.2) is 72.3 Å². The number of benzene rings is 1. The van der Waals surface area contributed by atoms with E-state index in [1.165, 1.54) is 9.71 Å². The highest BCUT2D eigenvalue weighted by atomic mass is 32.2. The van der Waals surface area contributed by atoms with E-state index in [0.29, 0.717) is 31.8 Å². The molecule has 2 aromatic rings. The lowest BCUT2D eigenvalue weighted by Crippen LogP contribution is -2.50. The Morgan fingerprint density at radius 1 is 1.12 bits per heavy atom. The predicted molar refractivity (Wildman–Crippen MR) is 155 cm³/mol. The zero-order valence-corrected chi connectivity index (χ0v) is 25.1. The minimum Gasteiger partial charge on any atom is -0.348 e. The molecule has 0 radical (unpaired) electrons. The van der Waals surface area contributed by atoms with Crippen molar-refractivity contribution >= 4 is 38.7 Å². The fraction of sp³-hybridized carbons (Fsp3) is 0.600. The number of piperidine rings is 1. The molecule has 1 aromatic heterocycles. The van der Waals surface area contributed by atoms with Gasteiger partial charge in [0.25, 0.3) is 5.91 Å². The highest BCUT2D eigenvalue weighted by Gasteiger charge is 2.49. The summed E-state index contributed by atoms with van der Waals surface area (Å²) in [5, 5.41) is 4.93. The van der Waals surface area contributed by atoms with Gasteiger partial charge in [-0.05, 0) is 76.1 Å². The van der Waals surface area contributed by atoms with Gasteiger partial charge >= 0.3 is 6.18 Å². The molecule has 43 heavy (non-hydrogen) atoms. The molecular weight excluding hydrogens is 585 g/mol. The molecule has 3 aliphatic heterocycles. The standard InChI is InChI=1S/C30H37F3N4O5S/c1-28(2)41-19-23(42-28)18-36-14-10-24-20(4-3-5-25(24)36)11-17-43(39,40)37-15-12-29(13-16-37)27(38)34-26(35-29)21-6-8-22(9-7-21)30(31,32)33/h3-5,10-11,14,17,21-23H,6-9,12-13,15-16,18-19H2,1-2H3,(H,34,35,38)/b17-11+/t21?,22?,23-/m0/s1. The van der Waals surface area contributed by atoms with E-state index in [1.54, 1.807) is 6.08 Å². The van der Waals surface area contributed by atoms with E-state index in [9.17, 15) is 26.4 Å². The van der Waals surface area contributed by atoms with E-state index in [4.69, 9.17) is 9.47 Å². The Morgan fingerprint density at radius 2 is 1.84 bits per heavy atom. The Morgan fingerprint density at radius 3 is 2.49 bits per heavy atom. The van der Waals surface area contributed by atoms with Crippen LogP contribution in [0.3, 0.4) is 0 Å². The van der Waals surface area contributed by atoms with Crippen LogP contribution < -0.4 is 5.32 Å². The number of ether oxygens (including phenoxy) is 2. The number of nitrogens with zero attached hydrogens (tertiary/aromatic N) is 3. The lowest BCUT2D eigenvalue weighted by molar-refractivity contribution is -0.182. The molecule has 3 fully saturated rings. The average Bonchev–Trinajstić information content (AvgIpc) is 3.62. The number of hydrogen-bond donors (Lipinski definition) is 1. The maximum Gasteiger partial charge on any atom is 0.391 e. The van der Waals surface area contributed by atoms with Gasteiger partial charge in [-0.15, -0.1) is 0 Å². The normalized spacial score (nSPS) is 28.2. The number of halogens is 3. The van der Waals surface area contributed by atoms with Crippen LogP contribution in [-0.2, 0) is 30.8 Å². The number of amides is 1. The molecule has 1 aromatic carbocycles. The van der Waals surface area contributed by atoms with Crippen LogP contribution in [0.15, 0.2) is 40.9 Å². The van der Waals surface area contributed by atoms with Crippen molar-refractivity contribution in [2.75, 3.05) is 19.7 Å². The van der Waals surface area contributed by atoms with Gasteiger partial charge < -0.3 is 19.4 Å². The number of carbonyl (C=O) groups is 1. The van der Waals surface area contributed by atoms with E-state index >= 15 is 0 Å². The van der Waals surface area contributed by atoms with Gasteiger partial charge in [0.1, 0.15) is 17.5 Å². The van der Waals surface area contributed by atoms with Gasteiger partial charge in [-0.2, -0.15) is 17.5 Å². The van der Waals surface area contributed by atoms with Gasteiger partial charge in [0.15, 0.2) is 5.79 Å². The van der Waals surface area contributed by atoms with Crippen molar-refractivity contribution in [2.45, 2.75) is 82.5 Å². The Hall–Kier alpha value is -2.74. The number of amidine groups is 1. The summed E-state index contributed by atoms with van der Waals surface area (Å²) in [4.78, 5) is 17.6. The largest absolute Gasteiger partial charge is 0.391 e. The summed E-state index contributed by atoms with van der Waals surface area (Å²) in [6.07, 6.45) is 0.395. The molecule has 1 atom stereocenters. The van der Waals surface area contributed by atoms with Crippen molar-refractivity contribution in [2.24, 2.45) is 16.8 Å². The molecule has 1 aliphatic carbocycles. The summed E-state index contributed by atoms with van der Waals surface area (Å²) < 4.78 is 80.8. The minimum atomic E-state index is -4.20. The second kappa shape index (κ2) is 11.0. The molecule has 4 heterocycles. The second-order valence-corrected chi connectivity index (χ2v) is 14.3. The van der Waals surface area contributed by atoms with Crippen molar-refractivity contribution in [3.05, 3.63) is 41.4 Å². The zero-order chi connectivity index (χ0) is 30.6. The number of sulfonamides is 1. The highest BCUT2D eigenvalue weighted by molar-refractivity contribution is 7.92. The quantitative estimate of drug-likeness (QED) is 0.498. The minimum absolute atomic E-state index is 0.0229. The van der Waals surface area contributed by atoms with Crippen molar-refractivity contribution in [1.82, 2.24) is 14.2 Å². The summed E-state index contributed by atoms with van der Waals surface area (Å²) in [5.74, 6) is -1.97. The number of aliphatic imine (C=N–C) groups is 1. The summed E-state index contributed by atoms with van der Waals surface area (Å²) in [5.41, 5.74) is 0.659. The molecule has 234 valence electrons. The fourth-order valence-corrected chi connectivity index (χ4v) is 7.93. The van der Waals surface area contributed by atoms with E-state index in [1.807, 2.05) is 44.3 Å². The fourth-order valence-electron chi connectivity index (χ4n) is 6.75. The first kappa shape index (κ1) is 30.3. The topological polar surface area (TPSA) is 102 Å². The van der Waals surface area contributed by atoms with Gasteiger partial charge in [0, 0.05) is 41.5 Å². The van der Waals surface area contributed by atoms with E-state index < -0.39 is 33.4 Å². The third-order valence-electron chi connectivity index (χ3n) is 9.22. The number of alkyl halides is 3. The number of nitrogens with one attached hydrogen (secondary N) is 1. The molecule has 0 unspecified atom stereocenters. The Kier molecular flexibility index (Phi) is 7.75. The second-order valence-electron chi connectivity index (χ2n) is 12.5. The summed E-state index contributed by atoms with van der Waals surface area (Å²) in [7, 11) is -3.77. The van der Waals surface area contributed by atoms with E-state index in [2.05, 4.69) is 14.9 Å². The van der Waals surface area contributed by atoms with Crippen molar-refractivity contribution in [3.63, 3.8) is 0 Å². The summed E-state index contributed by atoms with van der Waals surface area (Å²) >= 11 is 0. The first-order chi connectivity index (χ1) is 20.2.